The monoisotopic (exact) mass is 250 g/mol. The van der Waals surface area contributed by atoms with Crippen LogP contribution in [0.3, 0.4) is 0 Å². The minimum atomic E-state index is 0.0286. The maximum atomic E-state index is 11.7. The quantitative estimate of drug-likeness (QED) is 0.778. The molecule has 1 amide bonds. The Morgan fingerprint density at radius 3 is 2.56 bits per heavy atom. The number of carbonyl (C=O) groups excluding carboxylic acids is 1. The van der Waals surface area contributed by atoms with E-state index in [4.69, 9.17) is 4.74 Å². The van der Waals surface area contributed by atoms with Crippen molar-refractivity contribution in [2.45, 2.75) is 19.9 Å². The number of methoxy groups -OCH3 is 1. The zero-order valence-corrected chi connectivity index (χ0v) is 11.3. The molecule has 0 aromatic heterocycles. The minimum absolute atomic E-state index is 0.0286. The Kier molecular flexibility index (Phi) is 6.39. The van der Waals surface area contributed by atoms with E-state index < -0.39 is 0 Å². The maximum Gasteiger partial charge on any atom is 0.224 e. The van der Waals surface area contributed by atoms with Crippen molar-refractivity contribution < 1.29 is 9.53 Å². The van der Waals surface area contributed by atoms with Gasteiger partial charge in [0.1, 0.15) is 0 Å². The number of hydrogen-bond donors (Lipinski definition) is 2. The highest BCUT2D eigenvalue weighted by Crippen LogP contribution is 2.11. The molecule has 0 aliphatic carbocycles. The molecule has 4 nitrogen and oxygen atoms in total. The number of ether oxygens (including phenoxy) is 1. The van der Waals surface area contributed by atoms with Crippen LogP contribution in [0.1, 0.15) is 18.9 Å². The molecule has 2 N–H and O–H groups in total. The van der Waals surface area contributed by atoms with Crippen molar-refractivity contribution in [1.82, 2.24) is 5.32 Å². The summed E-state index contributed by atoms with van der Waals surface area (Å²) in [6, 6.07) is 7.85. The van der Waals surface area contributed by atoms with Gasteiger partial charge in [0.25, 0.3) is 0 Å². The van der Waals surface area contributed by atoms with E-state index in [1.165, 1.54) is 5.56 Å². The average Bonchev–Trinajstić information content (AvgIpc) is 2.32. The van der Waals surface area contributed by atoms with Crippen LogP contribution in [0.5, 0.6) is 0 Å². The van der Waals surface area contributed by atoms with Crippen LogP contribution in [-0.2, 0) is 16.1 Å². The number of rotatable bonds is 7. The normalized spacial score (nSPS) is 12.2. The van der Waals surface area contributed by atoms with Crippen molar-refractivity contribution in [3.63, 3.8) is 0 Å². The summed E-state index contributed by atoms with van der Waals surface area (Å²) in [5.41, 5.74) is 2.03. The second-order valence-electron chi connectivity index (χ2n) is 4.54. The maximum absolute atomic E-state index is 11.7. The molecular weight excluding hydrogens is 228 g/mol. The van der Waals surface area contributed by atoms with Gasteiger partial charge in [-0.3, -0.25) is 4.79 Å². The van der Waals surface area contributed by atoms with E-state index in [0.29, 0.717) is 13.0 Å². The van der Waals surface area contributed by atoms with Crippen LogP contribution in [0.2, 0.25) is 0 Å². The van der Waals surface area contributed by atoms with Gasteiger partial charge in [0, 0.05) is 32.4 Å². The van der Waals surface area contributed by atoms with Crippen molar-refractivity contribution in [1.29, 1.82) is 0 Å². The summed E-state index contributed by atoms with van der Waals surface area (Å²) in [6.45, 7) is 3.44. The van der Waals surface area contributed by atoms with Gasteiger partial charge < -0.3 is 15.4 Å². The Balaban J connectivity index is 2.44. The van der Waals surface area contributed by atoms with Gasteiger partial charge >= 0.3 is 0 Å². The predicted octanol–water partition coefficient (Wildman–Crippen LogP) is 2.02. The molecule has 1 aromatic carbocycles. The zero-order valence-electron chi connectivity index (χ0n) is 11.3. The van der Waals surface area contributed by atoms with E-state index in [9.17, 15) is 4.79 Å². The van der Waals surface area contributed by atoms with Gasteiger partial charge in [-0.2, -0.15) is 0 Å². The summed E-state index contributed by atoms with van der Waals surface area (Å²) in [5, 5.41) is 5.97. The molecule has 18 heavy (non-hydrogen) atoms. The Morgan fingerprint density at radius 1 is 1.33 bits per heavy atom. The largest absolute Gasteiger partial charge is 0.384 e. The van der Waals surface area contributed by atoms with E-state index in [2.05, 4.69) is 10.6 Å². The van der Waals surface area contributed by atoms with Gasteiger partial charge in [0.2, 0.25) is 5.91 Å². The molecule has 0 heterocycles. The van der Waals surface area contributed by atoms with Crippen LogP contribution in [0.15, 0.2) is 24.3 Å². The van der Waals surface area contributed by atoms with Crippen molar-refractivity contribution in [3.8, 4) is 0 Å². The second kappa shape index (κ2) is 7.84. The highest BCUT2D eigenvalue weighted by molar-refractivity contribution is 5.90. The third kappa shape index (κ3) is 5.29. The molecule has 0 saturated heterocycles. The van der Waals surface area contributed by atoms with Crippen LogP contribution in [0.4, 0.5) is 5.69 Å². The van der Waals surface area contributed by atoms with E-state index >= 15 is 0 Å². The number of carbonyl (C=O) groups is 1. The topological polar surface area (TPSA) is 50.4 Å². The molecule has 0 bridgehead atoms. The molecule has 0 saturated carbocycles. The Labute approximate surface area is 109 Å². The lowest BCUT2D eigenvalue weighted by Crippen LogP contribution is -2.17. The number of hydrogen-bond acceptors (Lipinski definition) is 3. The molecule has 1 unspecified atom stereocenters. The third-order valence-electron chi connectivity index (χ3n) is 2.60. The first-order valence-corrected chi connectivity index (χ1v) is 6.18. The summed E-state index contributed by atoms with van der Waals surface area (Å²) in [4.78, 5) is 11.7. The van der Waals surface area contributed by atoms with Gasteiger partial charge in [-0.15, -0.1) is 0 Å². The Hall–Kier alpha value is -1.39. The lowest BCUT2D eigenvalue weighted by atomic mass is 10.1. The van der Waals surface area contributed by atoms with Gasteiger partial charge in [0.15, 0.2) is 0 Å². The smallest absolute Gasteiger partial charge is 0.224 e. The van der Waals surface area contributed by atoms with Crippen molar-refractivity contribution in [2.75, 3.05) is 26.1 Å². The molecule has 0 fully saturated rings. The molecular formula is C14H22N2O2. The van der Waals surface area contributed by atoms with E-state index in [1.54, 1.807) is 7.11 Å². The summed E-state index contributed by atoms with van der Waals surface area (Å²) in [5.74, 6) is 0.263. The first kappa shape index (κ1) is 14.7. The number of amides is 1. The number of benzene rings is 1. The molecule has 1 aromatic rings. The standard InChI is InChI=1S/C14H22N2O2/c1-11(10-18-3)8-14(17)16-13-6-4-12(5-7-13)9-15-2/h4-7,11,15H,8-10H2,1-3H3,(H,16,17). The predicted molar refractivity (Wildman–Crippen MR) is 73.5 cm³/mol. The van der Waals surface area contributed by atoms with Crippen molar-refractivity contribution in [2.24, 2.45) is 5.92 Å². The Bertz CT molecular complexity index is 363. The molecule has 1 atom stereocenters. The molecule has 1 rings (SSSR count). The first-order valence-electron chi connectivity index (χ1n) is 6.18. The van der Waals surface area contributed by atoms with Gasteiger partial charge in [0.05, 0.1) is 0 Å². The van der Waals surface area contributed by atoms with Gasteiger partial charge in [-0.05, 0) is 30.7 Å². The third-order valence-corrected chi connectivity index (χ3v) is 2.60. The first-order chi connectivity index (χ1) is 8.65. The Morgan fingerprint density at radius 2 is 2.00 bits per heavy atom. The fourth-order valence-corrected chi connectivity index (χ4v) is 1.78. The van der Waals surface area contributed by atoms with Crippen molar-refractivity contribution >= 4 is 11.6 Å². The van der Waals surface area contributed by atoms with E-state index in [-0.39, 0.29) is 11.8 Å². The second-order valence-corrected chi connectivity index (χ2v) is 4.54. The number of nitrogens with one attached hydrogen (secondary N) is 2. The van der Waals surface area contributed by atoms with Crippen LogP contribution in [0, 0.1) is 5.92 Å². The lowest BCUT2D eigenvalue weighted by Gasteiger charge is -2.10. The highest BCUT2D eigenvalue weighted by Gasteiger charge is 2.08. The highest BCUT2D eigenvalue weighted by atomic mass is 16.5. The van der Waals surface area contributed by atoms with E-state index in [0.717, 1.165) is 12.2 Å². The van der Waals surface area contributed by atoms with Gasteiger partial charge in [-0.1, -0.05) is 19.1 Å². The minimum Gasteiger partial charge on any atom is -0.384 e. The van der Waals surface area contributed by atoms with Crippen LogP contribution < -0.4 is 10.6 Å². The molecule has 0 radical (unpaired) electrons. The summed E-state index contributed by atoms with van der Waals surface area (Å²) < 4.78 is 5.01. The fraction of sp³-hybridized carbons (Fsp3) is 0.500. The lowest BCUT2D eigenvalue weighted by molar-refractivity contribution is -0.117. The fourth-order valence-electron chi connectivity index (χ4n) is 1.78. The van der Waals surface area contributed by atoms with Crippen LogP contribution >= 0.6 is 0 Å². The SMILES string of the molecule is CNCc1ccc(NC(=O)CC(C)COC)cc1. The number of anilines is 1. The van der Waals surface area contributed by atoms with Crippen LogP contribution in [-0.4, -0.2) is 26.7 Å². The van der Waals surface area contributed by atoms with Crippen LogP contribution in [0.25, 0.3) is 0 Å². The summed E-state index contributed by atoms with van der Waals surface area (Å²) in [6.07, 6.45) is 0.478. The molecule has 4 heteroatoms. The van der Waals surface area contributed by atoms with Crippen molar-refractivity contribution in [3.05, 3.63) is 29.8 Å². The molecule has 100 valence electrons. The summed E-state index contributed by atoms with van der Waals surface area (Å²) >= 11 is 0. The molecule has 0 aliphatic rings. The summed E-state index contributed by atoms with van der Waals surface area (Å²) in [7, 11) is 3.56. The van der Waals surface area contributed by atoms with E-state index in [1.807, 2.05) is 38.2 Å². The average molecular weight is 250 g/mol. The molecule has 0 aliphatic heterocycles. The van der Waals surface area contributed by atoms with Gasteiger partial charge in [-0.25, -0.2) is 0 Å². The molecule has 0 spiro atoms. The zero-order chi connectivity index (χ0) is 13.4.